The highest BCUT2D eigenvalue weighted by Gasteiger charge is 2.28. The van der Waals surface area contributed by atoms with Crippen LogP contribution in [0, 0.1) is 0 Å². The highest BCUT2D eigenvalue weighted by Crippen LogP contribution is 2.41. The molecule has 0 amide bonds. The van der Waals surface area contributed by atoms with Crippen LogP contribution in [0.3, 0.4) is 0 Å². The van der Waals surface area contributed by atoms with E-state index in [9.17, 15) is 10.2 Å². The summed E-state index contributed by atoms with van der Waals surface area (Å²) < 4.78 is 0. The standard InChI is InChI=1S/C17H19NO2/c1-18-13-7-12-8-16(19)17(20)10-15(12)14(9-13)11-5-3-2-4-6-11/h2-6,8,10,13-14,18-20H,7,9H2,1H3/t13-,14+/m0/s1. The first-order chi connectivity index (χ1) is 9.69. The van der Waals surface area contributed by atoms with Crippen LogP contribution in [0.15, 0.2) is 42.5 Å². The Hall–Kier alpha value is -2.00. The third-order valence-electron chi connectivity index (χ3n) is 4.21. The average molecular weight is 269 g/mol. The maximum atomic E-state index is 9.80. The zero-order valence-electron chi connectivity index (χ0n) is 11.5. The lowest BCUT2D eigenvalue weighted by atomic mass is 9.76. The molecule has 3 rings (SSSR count). The second-order valence-corrected chi connectivity index (χ2v) is 5.43. The summed E-state index contributed by atoms with van der Waals surface area (Å²) in [6.07, 6.45) is 1.88. The van der Waals surface area contributed by atoms with Crippen LogP contribution in [-0.4, -0.2) is 23.3 Å². The molecule has 2 aromatic rings. The maximum Gasteiger partial charge on any atom is 0.157 e. The number of fused-ring (bicyclic) bond motifs is 1. The Morgan fingerprint density at radius 1 is 1.05 bits per heavy atom. The van der Waals surface area contributed by atoms with Crippen molar-refractivity contribution in [3.05, 3.63) is 59.2 Å². The summed E-state index contributed by atoms with van der Waals surface area (Å²) in [5.41, 5.74) is 3.48. The molecule has 0 fully saturated rings. The molecule has 20 heavy (non-hydrogen) atoms. The molecule has 3 N–H and O–H groups in total. The van der Waals surface area contributed by atoms with Crippen molar-refractivity contribution in [2.75, 3.05) is 7.05 Å². The van der Waals surface area contributed by atoms with Gasteiger partial charge in [-0.05, 0) is 48.7 Å². The summed E-state index contributed by atoms with van der Waals surface area (Å²) in [7, 11) is 1.97. The van der Waals surface area contributed by atoms with Gasteiger partial charge in [0.25, 0.3) is 0 Å². The minimum atomic E-state index is -0.0349. The van der Waals surface area contributed by atoms with Crippen molar-refractivity contribution in [3.8, 4) is 11.5 Å². The first kappa shape index (κ1) is 13.0. The highest BCUT2D eigenvalue weighted by atomic mass is 16.3. The van der Waals surface area contributed by atoms with Gasteiger partial charge >= 0.3 is 0 Å². The van der Waals surface area contributed by atoms with Gasteiger partial charge in [0.15, 0.2) is 11.5 Å². The Bertz CT molecular complexity index is 610. The summed E-state index contributed by atoms with van der Waals surface area (Å²) in [6.45, 7) is 0. The molecular formula is C17H19NO2. The van der Waals surface area contributed by atoms with E-state index in [1.54, 1.807) is 12.1 Å². The number of hydrogen-bond donors (Lipinski definition) is 3. The van der Waals surface area contributed by atoms with Gasteiger partial charge in [-0.3, -0.25) is 0 Å². The first-order valence-corrected chi connectivity index (χ1v) is 6.96. The van der Waals surface area contributed by atoms with Crippen molar-refractivity contribution >= 4 is 0 Å². The SMILES string of the molecule is CN[C@H]1Cc2cc(O)c(O)cc2[C@@H](c2ccccc2)C1. The minimum Gasteiger partial charge on any atom is -0.504 e. The Balaban J connectivity index is 2.10. The fraction of sp³-hybridized carbons (Fsp3) is 0.294. The Labute approximate surface area is 118 Å². The summed E-state index contributed by atoms with van der Waals surface area (Å²) in [4.78, 5) is 0. The van der Waals surface area contributed by atoms with Crippen LogP contribution < -0.4 is 5.32 Å². The van der Waals surface area contributed by atoms with Gasteiger partial charge in [-0.15, -0.1) is 0 Å². The van der Waals surface area contributed by atoms with Gasteiger partial charge < -0.3 is 15.5 Å². The van der Waals surface area contributed by atoms with Gasteiger partial charge in [-0.2, -0.15) is 0 Å². The lowest BCUT2D eigenvalue weighted by molar-refractivity contribution is 0.397. The lowest BCUT2D eigenvalue weighted by Gasteiger charge is -2.32. The molecule has 0 bridgehead atoms. The van der Waals surface area contributed by atoms with E-state index in [1.165, 1.54) is 5.56 Å². The normalized spacial score (nSPS) is 21.4. The number of phenols is 2. The van der Waals surface area contributed by atoms with Crippen molar-refractivity contribution in [2.45, 2.75) is 24.8 Å². The fourth-order valence-corrected chi connectivity index (χ4v) is 3.12. The molecule has 2 aromatic carbocycles. The van der Waals surface area contributed by atoms with Crippen LogP contribution >= 0.6 is 0 Å². The van der Waals surface area contributed by atoms with E-state index in [4.69, 9.17) is 0 Å². The second-order valence-electron chi connectivity index (χ2n) is 5.43. The van der Waals surface area contributed by atoms with Crippen LogP contribution in [0.4, 0.5) is 0 Å². The van der Waals surface area contributed by atoms with Crippen LogP contribution in [0.5, 0.6) is 11.5 Å². The van der Waals surface area contributed by atoms with E-state index >= 15 is 0 Å². The molecule has 0 aromatic heterocycles. The molecule has 1 aliphatic carbocycles. The van der Waals surface area contributed by atoms with Gasteiger partial charge in [0.2, 0.25) is 0 Å². The van der Waals surface area contributed by atoms with Crippen LogP contribution in [0.25, 0.3) is 0 Å². The molecule has 2 atom stereocenters. The summed E-state index contributed by atoms with van der Waals surface area (Å²) >= 11 is 0. The molecule has 0 saturated carbocycles. The van der Waals surface area contributed by atoms with Crippen molar-refractivity contribution in [2.24, 2.45) is 0 Å². The molecule has 3 heteroatoms. The third kappa shape index (κ3) is 2.25. The molecule has 1 aliphatic rings. The maximum absolute atomic E-state index is 9.80. The zero-order valence-corrected chi connectivity index (χ0v) is 11.5. The molecule has 0 radical (unpaired) electrons. The number of aromatic hydroxyl groups is 2. The summed E-state index contributed by atoms with van der Waals surface area (Å²) in [5.74, 6) is 0.184. The second kappa shape index (κ2) is 5.17. The minimum absolute atomic E-state index is 0.0346. The van der Waals surface area contributed by atoms with Gasteiger partial charge in [0, 0.05) is 12.0 Å². The number of hydrogen-bond acceptors (Lipinski definition) is 3. The number of phenolic OH excluding ortho intramolecular Hbond substituents is 2. The number of benzene rings is 2. The Kier molecular flexibility index (Phi) is 3.36. The number of rotatable bonds is 2. The first-order valence-electron chi connectivity index (χ1n) is 6.96. The van der Waals surface area contributed by atoms with Crippen molar-refractivity contribution in [3.63, 3.8) is 0 Å². The number of nitrogens with one attached hydrogen (secondary N) is 1. The quantitative estimate of drug-likeness (QED) is 0.735. The zero-order chi connectivity index (χ0) is 14.1. The largest absolute Gasteiger partial charge is 0.504 e. The molecule has 0 saturated heterocycles. The van der Waals surface area contributed by atoms with Crippen LogP contribution in [0.2, 0.25) is 0 Å². The van der Waals surface area contributed by atoms with E-state index in [1.807, 2.05) is 25.2 Å². The average Bonchev–Trinajstić information content (AvgIpc) is 2.48. The predicted octanol–water partition coefficient (Wildman–Crippen LogP) is 2.76. The summed E-state index contributed by atoms with van der Waals surface area (Å²) in [6, 6.07) is 14.1. The van der Waals surface area contributed by atoms with Gasteiger partial charge in [0.05, 0.1) is 0 Å². The van der Waals surface area contributed by atoms with Crippen molar-refractivity contribution in [1.82, 2.24) is 5.32 Å². The van der Waals surface area contributed by atoms with Crippen molar-refractivity contribution in [1.29, 1.82) is 0 Å². The fourth-order valence-electron chi connectivity index (χ4n) is 3.12. The molecule has 3 nitrogen and oxygen atoms in total. The molecule has 0 unspecified atom stereocenters. The van der Waals surface area contributed by atoms with Gasteiger partial charge in [-0.1, -0.05) is 30.3 Å². The molecule has 0 aliphatic heterocycles. The third-order valence-corrected chi connectivity index (χ3v) is 4.21. The predicted molar refractivity (Wildman–Crippen MR) is 79.2 cm³/mol. The van der Waals surface area contributed by atoms with Gasteiger partial charge in [0.1, 0.15) is 0 Å². The molecule has 0 heterocycles. The van der Waals surface area contributed by atoms with E-state index < -0.39 is 0 Å². The van der Waals surface area contributed by atoms with Crippen LogP contribution in [0.1, 0.15) is 29.0 Å². The smallest absolute Gasteiger partial charge is 0.157 e. The van der Waals surface area contributed by atoms with E-state index in [-0.39, 0.29) is 17.4 Å². The topological polar surface area (TPSA) is 52.5 Å². The Morgan fingerprint density at radius 3 is 2.45 bits per heavy atom. The van der Waals surface area contributed by atoms with E-state index in [2.05, 4.69) is 17.4 Å². The number of likely N-dealkylation sites (N-methyl/N-ethyl adjacent to an activating group) is 1. The molecule has 104 valence electrons. The van der Waals surface area contributed by atoms with E-state index in [0.29, 0.717) is 6.04 Å². The molecular weight excluding hydrogens is 250 g/mol. The van der Waals surface area contributed by atoms with Crippen LogP contribution in [-0.2, 0) is 6.42 Å². The monoisotopic (exact) mass is 269 g/mol. The Morgan fingerprint density at radius 2 is 1.75 bits per heavy atom. The lowest BCUT2D eigenvalue weighted by Crippen LogP contribution is -2.33. The highest BCUT2D eigenvalue weighted by molar-refractivity contribution is 5.50. The van der Waals surface area contributed by atoms with E-state index in [0.717, 1.165) is 24.0 Å². The summed E-state index contributed by atoms with van der Waals surface area (Å²) in [5, 5.41) is 22.9. The van der Waals surface area contributed by atoms with Crippen molar-refractivity contribution < 1.29 is 10.2 Å². The molecule has 0 spiro atoms. The van der Waals surface area contributed by atoms with Gasteiger partial charge in [-0.25, -0.2) is 0 Å².